The minimum absolute atomic E-state index is 0.0578. The number of amides is 1. The lowest BCUT2D eigenvalue weighted by atomic mass is 10.3. The second kappa shape index (κ2) is 10.2. The van der Waals surface area contributed by atoms with Crippen molar-refractivity contribution < 1.29 is 19.0 Å². The van der Waals surface area contributed by atoms with Crippen LogP contribution >= 0.6 is 0 Å². The van der Waals surface area contributed by atoms with Gasteiger partial charge in [-0.05, 0) is 31.2 Å². The molecule has 5 heteroatoms. The van der Waals surface area contributed by atoms with Gasteiger partial charge in [-0.3, -0.25) is 4.79 Å². The Morgan fingerprint density at radius 3 is 2.29 bits per heavy atom. The Bertz CT molecular complexity index is 616. The molecule has 2 aromatic rings. The first-order valence-corrected chi connectivity index (χ1v) is 8.08. The predicted octanol–water partition coefficient (Wildman–Crippen LogP) is 3.05. The van der Waals surface area contributed by atoms with Gasteiger partial charge in [0.2, 0.25) is 5.91 Å². The molecule has 0 saturated carbocycles. The third-order valence-corrected chi connectivity index (χ3v) is 3.15. The van der Waals surface area contributed by atoms with Gasteiger partial charge >= 0.3 is 0 Å². The standard InChI is InChI=1S/C19H23NO4/c1-2-22-17-9-6-10-18(15-17)24-14-12-20-19(21)11-13-23-16-7-4-3-5-8-16/h3-10,15H,2,11-14H2,1H3,(H,20,21). The van der Waals surface area contributed by atoms with Crippen molar-refractivity contribution in [3.05, 3.63) is 54.6 Å². The lowest BCUT2D eigenvalue weighted by molar-refractivity contribution is -0.121. The molecule has 0 unspecified atom stereocenters. The summed E-state index contributed by atoms with van der Waals surface area (Å²) in [5, 5.41) is 2.80. The molecule has 0 aliphatic rings. The third kappa shape index (κ3) is 6.60. The molecule has 24 heavy (non-hydrogen) atoms. The highest BCUT2D eigenvalue weighted by Gasteiger charge is 2.02. The third-order valence-electron chi connectivity index (χ3n) is 3.15. The highest BCUT2D eigenvalue weighted by molar-refractivity contribution is 5.75. The van der Waals surface area contributed by atoms with Crippen LogP contribution in [0.15, 0.2) is 54.6 Å². The number of hydrogen-bond donors (Lipinski definition) is 1. The zero-order valence-corrected chi connectivity index (χ0v) is 13.9. The average Bonchev–Trinajstić information content (AvgIpc) is 2.60. The maximum atomic E-state index is 11.7. The van der Waals surface area contributed by atoms with Crippen molar-refractivity contribution >= 4 is 5.91 Å². The molecule has 0 saturated heterocycles. The fourth-order valence-electron chi connectivity index (χ4n) is 2.05. The van der Waals surface area contributed by atoms with Gasteiger partial charge in [0.15, 0.2) is 0 Å². The predicted molar refractivity (Wildman–Crippen MR) is 92.7 cm³/mol. The normalized spacial score (nSPS) is 10.0. The Labute approximate surface area is 142 Å². The molecule has 0 aliphatic heterocycles. The van der Waals surface area contributed by atoms with E-state index in [4.69, 9.17) is 14.2 Å². The van der Waals surface area contributed by atoms with Crippen LogP contribution in [0.3, 0.4) is 0 Å². The van der Waals surface area contributed by atoms with Gasteiger partial charge in [-0.15, -0.1) is 0 Å². The number of rotatable bonds is 10. The Morgan fingerprint density at radius 1 is 0.875 bits per heavy atom. The molecule has 0 aliphatic carbocycles. The van der Waals surface area contributed by atoms with Crippen molar-refractivity contribution in [1.29, 1.82) is 0 Å². The molecule has 0 bridgehead atoms. The molecular weight excluding hydrogens is 306 g/mol. The minimum Gasteiger partial charge on any atom is -0.494 e. The van der Waals surface area contributed by atoms with Crippen LogP contribution in [0, 0.1) is 0 Å². The van der Waals surface area contributed by atoms with Crippen molar-refractivity contribution in [2.45, 2.75) is 13.3 Å². The smallest absolute Gasteiger partial charge is 0.223 e. The first-order valence-electron chi connectivity index (χ1n) is 8.08. The number of hydrogen-bond acceptors (Lipinski definition) is 4. The van der Waals surface area contributed by atoms with E-state index in [0.717, 1.165) is 17.2 Å². The molecule has 0 spiro atoms. The molecule has 0 atom stereocenters. The Balaban J connectivity index is 1.58. The molecule has 0 heterocycles. The average molecular weight is 329 g/mol. The summed E-state index contributed by atoms with van der Waals surface area (Å²) < 4.78 is 16.5. The monoisotopic (exact) mass is 329 g/mol. The molecule has 5 nitrogen and oxygen atoms in total. The fourth-order valence-corrected chi connectivity index (χ4v) is 2.05. The molecule has 1 amide bonds. The molecular formula is C19H23NO4. The Morgan fingerprint density at radius 2 is 1.54 bits per heavy atom. The summed E-state index contributed by atoms with van der Waals surface area (Å²) in [5.74, 6) is 2.21. The van der Waals surface area contributed by atoms with Crippen molar-refractivity contribution in [3.63, 3.8) is 0 Å². The van der Waals surface area contributed by atoms with E-state index in [9.17, 15) is 4.79 Å². The van der Waals surface area contributed by atoms with Gasteiger partial charge in [0.25, 0.3) is 0 Å². The van der Waals surface area contributed by atoms with Crippen LogP contribution in [0.5, 0.6) is 17.2 Å². The van der Waals surface area contributed by atoms with Crippen molar-refractivity contribution in [2.75, 3.05) is 26.4 Å². The Kier molecular flexibility index (Phi) is 7.47. The number of benzene rings is 2. The van der Waals surface area contributed by atoms with Crippen LogP contribution < -0.4 is 19.5 Å². The van der Waals surface area contributed by atoms with Crippen LogP contribution in [0.1, 0.15) is 13.3 Å². The van der Waals surface area contributed by atoms with E-state index in [2.05, 4.69) is 5.32 Å². The fraction of sp³-hybridized carbons (Fsp3) is 0.316. The van der Waals surface area contributed by atoms with Crippen molar-refractivity contribution in [1.82, 2.24) is 5.32 Å². The summed E-state index contributed by atoms with van der Waals surface area (Å²) in [6.07, 6.45) is 0.314. The summed E-state index contributed by atoms with van der Waals surface area (Å²) in [5.41, 5.74) is 0. The maximum Gasteiger partial charge on any atom is 0.223 e. The molecule has 0 radical (unpaired) electrons. The second-order valence-electron chi connectivity index (χ2n) is 5.02. The molecule has 128 valence electrons. The van der Waals surface area contributed by atoms with Crippen LogP contribution in [-0.2, 0) is 4.79 Å². The van der Waals surface area contributed by atoms with Gasteiger partial charge in [0.05, 0.1) is 26.2 Å². The van der Waals surface area contributed by atoms with E-state index in [-0.39, 0.29) is 5.91 Å². The van der Waals surface area contributed by atoms with E-state index in [1.54, 1.807) is 0 Å². The topological polar surface area (TPSA) is 56.8 Å². The van der Waals surface area contributed by atoms with Crippen molar-refractivity contribution in [3.8, 4) is 17.2 Å². The minimum atomic E-state index is -0.0578. The summed E-state index contributed by atoms with van der Waals surface area (Å²) >= 11 is 0. The number of nitrogens with one attached hydrogen (secondary N) is 1. The van der Waals surface area contributed by atoms with E-state index >= 15 is 0 Å². The van der Waals surface area contributed by atoms with E-state index in [1.165, 1.54) is 0 Å². The number of carbonyl (C=O) groups excluding carboxylic acids is 1. The van der Waals surface area contributed by atoms with E-state index in [0.29, 0.717) is 32.8 Å². The lowest BCUT2D eigenvalue weighted by Crippen LogP contribution is -2.29. The summed E-state index contributed by atoms with van der Waals surface area (Å²) in [4.78, 5) is 11.7. The van der Waals surface area contributed by atoms with Gasteiger partial charge in [-0.25, -0.2) is 0 Å². The SMILES string of the molecule is CCOc1cccc(OCCNC(=O)CCOc2ccccc2)c1. The summed E-state index contributed by atoms with van der Waals surface area (Å²) in [6.45, 7) is 3.76. The molecule has 2 rings (SSSR count). The highest BCUT2D eigenvalue weighted by atomic mass is 16.5. The second-order valence-corrected chi connectivity index (χ2v) is 5.02. The molecule has 1 N–H and O–H groups in total. The van der Waals surface area contributed by atoms with Gasteiger partial charge in [-0.2, -0.15) is 0 Å². The Hall–Kier alpha value is -2.69. The van der Waals surface area contributed by atoms with Gasteiger partial charge in [0, 0.05) is 6.07 Å². The quantitative estimate of drug-likeness (QED) is 0.681. The van der Waals surface area contributed by atoms with E-state index < -0.39 is 0 Å². The molecule has 2 aromatic carbocycles. The number of carbonyl (C=O) groups is 1. The van der Waals surface area contributed by atoms with Gasteiger partial charge in [-0.1, -0.05) is 24.3 Å². The first-order chi connectivity index (χ1) is 11.8. The molecule has 0 fully saturated rings. The lowest BCUT2D eigenvalue weighted by Gasteiger charge is -2.10. The zero-order valence-electron chi connectivity index (χ0n) is 13.9. The maximum absolute atomic E-state index is 11.7. The number of para-hydroxylation sites is 1. The zero-order chi connectivity index (χ0) is 17.0. The number of ether oxygens (including phenoxy) is 3. The van der Waals surface area contributed by atoms with Gasteiger partial charge < -0.3 is 19.5 Å². The van der Waals surface area contributed by atoms with Gasteiger partial charge in [0.1, 0.15) is 23.9 Å². The summed E-state index contributed by atoms with van der Waals surface area (Å²) in [6, 6.07) is 16.9. The van der Waals surface area contributed by atoms with Crippen LogP contribution in [0.2, 0.25) is 0 Å². The summed E-state index contributed by atoms with van der Waals surface area (Å²) in [7, 11) is 0. The largest absolute Gasteiger partial charge is 0.494 e. The van der Waals surface area contributed by atoms with Crippen molar-refractivity contribution in [2.24, 2.45) is 0 Å². The van der Waals surface area contributed by atoms with Crippen LogP contribution in [0.4, 0.5) is 0 Å². The highest BCUT2D eigenvalue weighted by Crippen LogP contribution is 2.19. The van der Waals surface area contributed by atoms with Crippen LogP contribution in [-0.4, -0.2) is 32.3 Å². The van der Waals surface area contributed by atoms with E-state index in [1.807, 2.05) is 61.5 Å². The van der Waals surface area contributed by atoms with Crippen LogP contribution in [0.25, 0.3) is 0 Å². The first kappa shape index (κ1) is 17.7. The molecule has 0 aromatic heterocycles.